The number of halogens is 1. The summed E-state index contributed by atoms with van der Waals surface area (Å²) in [4.78, 5) is 7.57. The van der Waals surface area contributed by atoms with Gasteiger partial charge in [-0.05, 0) is 13.0 Å². The van der Waals surface area contributed by atoms with Crippen LogP contribution in [0.15, 0.2) is 12.3 Å². The van der Waals surface area contributed by atoms with Crippen molar-refractivity contribution in [1.82, 2.24) is 9.97 Å². The fourth-order valence-corrected chi connectivity index (χ4v) is 0.695. The fourth-order valence-electron chi connectivity index (χ4n) is 0.552. The molecule has 1 heterocycles. The van der Waals surface area contributed by atoms with Gasteiger partial charge in [0.15, 0.2) is 5.82 Å². The predicted molar refractivity (Wildman–Crippen MR) is 37.7 cm³/mol. The van der Waals surface area contributed by atoms with Gasteiger partial charge in [0.05, 0.1) is 0 Å². The molecule has 1 unspecified atom stereocenters. The first-order valence-corrected chi connectivity index (χ1v) is 3.24. The van der Waals surface area contributed by atoms with E-state index in [1.807, 2.05) is 0 Å². The third kappa shape index (κ3) is 1.65. The van der Waals surface area contributed by atoms with Crippen LogP contribution in [0.2, 0.25) is 5.15 Å². The second-order valence-corrected chi connectivity index (χ2v) is 2.30. The number of nitrogens with zero attached hydrogens (tertiary/aromatic N) is 2. The molecule has 0 spiro atoms. The topological polar surface area (TPSA) is 46.0 Å². The molecule has 0 aliphatic rings. The van der Waals surface area contributed by atoms with Crippen LogP contribution in [0.25, 0.3) is 0 Å². The van der Waals surface area contributed by atoms with Crippen LogP contribution in [-0.2, 0) is 0 Å². The van der Waals surface area contributed by atoms with Crippen molar-refractivity contribution in [3.8, 4) is 0 Å². The lowest BCUT2D eigenvalue weighted by Gasteiger charge is -2.00. The van der Waals surface area contributed by atoms with E-state index in [1.165, 1.54) is 6.20 Å². The van der Waals surface area contributed by atoms with Gasteiger partial charge < -0.3 is 5.11 Å². The van der Waals surface area contributed by atoms with Crippen LogP contribution in [0.5, 0.6) is 0 Å². The summed E-state index contributed by atoms with van der Waals surface area (Å²) in [5.41, 5.74) is 0. The monoisotopic (exact) mass is 158 g/mol. The second-order valence-electron chi connectivity index (χ2n) is 1.91. The van der Waals surface area contributed by atoms with Gasteiger partial charge in [-0.15, -0.1) is 0 Å². The molecule has 1 rings (SSSR count). The van der Waals surface area contributed by atoms with Crippen molar-refractivity contribution in [1.29, 1.82) is 0 Å². The van der Waals surface area contributed by atoms with Crippen LogP contribution in [-0.4, -0.2) is 15.1 Å². The Hall–Kier alpha value is -0.670. The van der Waals surface area contributed by atoms with Gasteiger partial charge in [-0.25, -0.2) is 9.97 Å². The van der Waals surface area contributed by atoms with Crippen molar-refractivity contribution in [3.63, 3.8) is 0 Å². The van der Waals surface area contributed by atoms with Crippen molar-refractivity contribution in [2.45, 2.75) is 13.0 Å². The average Bonchev–Trinajstić information content (AvgIpc) is 1.88. The van der Waals surface area contributed by atoms with Gasteiger partial charge in [0.25, 0.3) is 0 Å². The van der Waals surface area contributed by atoms with Crippen LogP contribution < -0.4 is 0 Å². The molecule has 0 saturated heterocycles. The molecule has 0 fully saturated rings. The van der Waals surface area contributed by atoms with Crippen molar-refractivity contribution >= 4 is 11.6 Å². The molecule has 54 valence electrons. The molecule has 10 heavy (non-hydrogen) atoms. The molecule has 0 radical (unpaired) electrons. The van der Waals surface area contributed by atoms with E-state index in [0.717, 1.165) is 0 Å². The highest BCUT2D eigenvalue weighted by atomic mass is 35.5. The SMILES string of the molecule is CC(O)c1nccc(Cl)n1. The summed E-state index contributed by atoms with van der Waals surface area (Å²) < 4.78 is 0. The molecular formula is C6H7ClN2O. The number of rotatable bonds is 1. The Balaban J connectivity index is 2.96. The maximum Gasteiger partial charge on any atom is 0.158 e. The van der Waals surface area contributed by atoms with Crippen LogP contribution >= 0.6 is 11.6 Å². The lowest BCUT2D eigenvalue weighted by atomic mass is 10.4. The second kappa shape index (κ2) is 2.94. The predicted octanol–water partition coefficient (Wildman–Crippen LogP) is 1.18. The molecule has 0 amide bonds. The van der Waals surface area contributed by atoms with Crippen molar-refractivity contribution in [3.05, 3.63) is 23.2 Å². The minimum atomic E-state index is -0.654. The lowest BCUT2D eigenvalue weighted by Crippen LogP contribution is -1.98. The minimum absolute atomic E-state index is 0.353. The molecular weight excluding hydrogens is 152 g/mol. The summed E-state index contributed by atoms with van der Waals surface area (Å²) in [5.74, 6) is 0.354. The molecule has 0 saturated carbocycles. The highest BCUT2D eigenvalue weighted by molar-refractivity contribution is 6.29. The summed E-state index contributed by atoms with van der Waals surface area (Å²) in [7, 11) is 0. The third-order valence-electron chi connectivity index (χ3n) is 1.01. The van der Waals surface area contributed by atoms with Gasteiger partial charge in [0.1, 0.15) is 11.3 Å². The zero-order chi connectivity index (χ0) is 7.56. The summed E-state index contributed by atoms with van der Waals surface area (Å²) in [6.45, 7) is 1.59. The average molecular weight is 159 g/mol. The van der Waals surface area contributed by atoms with E-state index in [1.54, 1.807) is 13.0 Å². The lowest BCUT2D eigenvalue weighted by molar-refractivity contribution is 0.189. The van der Waals surface area contributed by atoms with Gasteiger partial charge in [0, 0.05) is 6.20 Å². The smallest absolute Gasteiger partial charge is 0.158 e. The number of hydrogen-bond acceptors (Lipinski definition) is 3. The van der Waals surface area contributed by atoms with Gasteiger partial charge in [-0.3, -0.25) is 0 Å². The molecule has 3 nitrogen and oxygen atoms in total. The van der Waals surface area contributed by atoms with Crippen molar-refractivity contribution in [2.24, 2.45) is 0 Å². The largest absolute Gasteiger partial charge is 0.385 e. The van der Waals surface area contributed by atoms with Gasteiger partial charge in [-0.1, -0.05) is 11.6 Å². The molecule has 0 aliphatic heterocycles. The van der Waals surface area contributed by atoms with Crippen LogP contribution in [0.1, 0.15) is 18.9 Å². The standard InChI is InChI=1S/C6H7ClN2O/c1-4(10)6-8-3-2-5(7)9-6/h2-4,10H,1H3. The van der Waals surface area contributed by atoms with Crippen LogP contribution in [0.3, 0.4) is 0 Å². The summed E-state index contributed by atoms with van der Waals surface area (Å²) >= 11 is 5.53. The van der Waals surface area contributed by atoms with E-state index in [9.17, 15) is 0 Å². The molecule has 0 aliphatic carbocycles. The maximum absolute atomic E-state index is 8.96. The highest BCUT2D eigenvalue weighted by Crippen LogP contribution is 2.08. The molecule has 1 aromatic heterocycles. The third-order valence-corrected chi connectivity index (χ3v) is 1.22. The molecule has 1 N–H and O–H groups in total. The first-order chi connectivity index (χ1) is 4.70. The fraction of sp³-hybridized carbons (Fsp3) is 0.333. The highest BCUT2D eigenvalue weighted by Gasteiger charge is 2.02. The van der Waals surface area contributed by atoms with Crippen molar-refractivity contribution < 1.29 is 5.11 Å². The maximum atomic E-state index is 8.96. The Kier molecular flexibility index (Phi) is 2.19. The Morgan fingerprint density at radius 2 is 2.40 bits per heavy atom. The quantitative estimate of drug-likeness (QED) is 0.625. The molecule has 1 aromatic rings. The number of aliphatic hydroxyl groups excluding tert-OH is 1. The first-order valence-electron chi connectivity index (χ1n) is 2.86. The van der Waals surface area contributed by atoms with E-state index in [2.05, 4.69) is 9.97 Å². The van der Waals surface area contributed by atoms with Crippen molar-refractivity contribution in [2.75, 3.05) is 0 Å². The Morgan fingerprint density at radius 1 is 1.70 bits per heavy atom. The summed E-state index contributed by atoms with van der Waals surface area (Å²) in [5, 5.41) is 9.32. The Bertz CT molecular complexity index is 227. The van der Waals surface area contributed by atoms with Gasteiger partial charge in [0.2, 0.25) is 0 Å². The normalized spacial score (nSPS) is 13.1. The number of aliphatic hydroxyl groups is 1. The Morgan fingerprint density at radius 3 is 2.80 bits per heavy atom. The van der Waals surface area contributed by atoms with E-state index in [4.69, 9.17) is 16.7 Å². The van der Waals surface area contributed by atoms with E-state index in [0.29, 0.717) is 11.0 Å². The first kappa shape index (κ1) is 7.44. The van der Waals surface area contributed by atoms with Gasteiger partial charge in [-0.2, -0.15) is 0 Å². The molecule has 0 bridgehead atoms. The number of aromatic nitrogens is 2. The summed E-state index contributed by atoms with van der Waals surface area (Å²) in [6, 6.07) is 1.56. The van der Waals surface area contributed by atoms with Gasteiger partial charge >= 0.3 is 0 Å². The number of hydrogen-bond donors (Lipinski definition) is 1. The zero-order valence-corrected chi connectivity index (χ0v) is 6.21. The minimum Gasteiger partial charge on any atom is -0.385 e. The summed E-state index contributed by atoms with van der Waals surface area (Å²) in [6.07, 6.45) is 0.857. The van der Waals surface area contributed by atoms with E-state index in [-0.39, 0.29) is 0 Å². The van der Waals surface area contributed by atoms with Crippen LogP contribution in [0.4, 0.5) is 0 Å². The van der Waals surface area contributed by atoms with Crippen LogP contribution in [0, 0.1) is 0 Å². The molecule has 0 aromatic carbocycles. The molecule has 1 atom stereocenters. The molecule has 4 heteroatoms. The zero-order valence-electron chi connectivity index (χ0n) is 5.45. The van der Waals surface area contributed by atoms with E-state index < -0.39 is 6.10 Å². The Labute approximate surface area is 63.7 Å². The van der Waals surface area contributed by atoms with E-state index >= 15 is 0 Å².